The predicted molar refractivity (Wildman–Crippen MR) is 113 cm³/mol. The fraction of sp³-hybridized carbons (Fsp3) is 0.200. The maximum atomic E-state index is 12.3. The molecule has 1 amide bonds. The molecule has 2 rings (SSSR count). The van der Waals surface area contributed by atoms with Crippen LogP contribution in [0.15, 0.2) is 63.6 Å². The Morgan fingerprint density at radius 3 is 2.46 bits per heavy atom. The average Bonchev–Trinajstić information content (AvgIpc) is 2.64. The van der Waals surface area contributed by atoms with Gasteiger partial charge in [0, 0.05) is 26.3 Å². The molecule has 0 saturated carbocycles. The molecule has 0 bridgehead atoms. The summed E-state index contributed by atoms with van der Waals surface area (Å²) in [6.45, 7) is 0. The van der Waals surface area contributed by atoms with Crippen molar-refractivity contribution < 1.29 is 24.5 Å². The summed E-state index contributed by atoms with van der Waals surface area (Å²) in [5.41, 5.74) is 1.05. The molecule has 28 heavy (non-hydrogen) atoms. The lowest BCUT2D eigenvalue weighted by molar-refractivity contribution is -0.131. The normalized spacial score (nSPS) is 11.9. The van der Waals surface area contributed by atoms with Crippen LogP contribution in [0.3, 0.4) is 0 Å². The summed E-state index contributed by atoms with van der Waals surface area (Å²) in [5, 5.41) is 21.5. The van der Waals surface area contributed by atoms with Crippen LogP contribution in [0.5, 0.6) is 5.75 Å². The number of hydrogen-bond donors (Lipinski definition) is 3. The van der Waals surface area contributed by atoms with E-state index in [2.05, 4.69) is 37.2 Å². The summed E-state index contributed by atoms with van der Waals surface area (Å²) in [6, 6.07) is 11.9. The third kappa shape index (κ3) is 7.36. The van der Waals surface area contributed by atoms with E-state index in [9.17, 15) is 14.7 Å². The van der Waals surface area contributed by atoms with Crippen LogP contribution in [0.25, 0.3) is 0 Å². The van der Waals surface area contributed by atoms with Crippen LogP contribution in [0.2, 0.25) is 0 Å². The minimum absolute atomic E-state index is 0.0192. The number of unbranched alkanes of at least 4 members (excludes halogenated alkanes) is 1. The summed E-state index contributed by atoms with van der Waals surface area (Å²) in [7, 11) is 0. The summed E-state index contributed by atoms with van der Waals surface area (Å²) >= 11 is 6.68. The largest absolute Gasteiger partial charge is 0.508 e. The van der Waals surface area contributed by atoms with Gasteiger partial charge in [0.25, 0.3) is 0 Å². The summed E-state index contributed by atoms with van der Waals surface area (Å²) in [4.78, 5) is 22.9. The average molecular weight is 513 g/mol. The lowest BCUT2D eigenvalue weighted by Crippen LogP contribution is -2.17. The first kappa shape index (κ1) is 22.0. The van der Waals surface area contributed by atoms with Gasteiger partial charge in [-0.25, -0.2) is 9.59 Å². The molecule has 148 valence electrons. The number of aromatic hydroxyl groups is 1. The van der Waals surface area contributed by atoms with E-state index in [4.69, 9.17) is 9.84 Å². The smallest absolute Gasteiger partial charge is 0.412 e. The molecule has 1 atom stereocenters. The molecule has 0 aromatic heterocycles. The van der Waals surface area contributed by atoms with Crippen molar-refractivity contribution in [2.45, 2.75) is 25.4 Å². The fourth-order valence-corrected chi connectivity index (χ4v) is 3.12. The van der Waals surface area contributed by atoms with Crippen molar-refractivity contribution in [1.29, 1.82) is 0 Å². The quantitative estimate of drug-likeness (QED) is 0.297. The van der Waals surface area contributed by atoms with Gasteiger partial charge in [-0.05, 0) is 61.7 Å². The molecule has 0 spiro atoms. The Bertz CT molecular complexity index is 852. The molecule has 0 aliphatic heterocycles. The zero-order chi connectivity index (χ0) is 20.5. The van der Waals surface area contributed by atoms with Gasteiger partial charge >= 0.3 is 12.1 Å². The van der Waals surface area contributed by atoms with Gasteiger partial charge in [0.15, 0.2) is 0 Å². The zero-order valence-corrected chi connectivity index (χ0v) is 17.9. The van der Waals surface area contributed by atoms with E-state index >= 15 is 0 Å². The Morgan fingerprint density at radius 1 is 1.11 bits per heavy atom. The molecule has 3 N–H and O–H groups in total. The highest BCUT2D eigenvalue weighted by Gasteiger charge is 2.20. The van der Waals surface area contributed by atoms with Gasteiger partial charge in [0.05, 0.1) is 0 Å². The molecule has 0 saturated heterocycles. The Hall–Kier alpha value is -2.32. The summed E-state index contributed by atoms with van der Waals surface area (Å²) in [5.74, 6) is -0.989. The summed E-state index contributed by atoms with van der Waals surface area (Å²) < 4.78 is 7.18. The molecule has 0 aliphatic rings. The molecule has 0 aliphatic carbocycles. The first-order valence-electron chi connectivity index (χ1n) is 8.46. The first-order chi connectivity index (χ1) is 13.3. The molecular formula is C20H19Br2NO5. The molecule has 0 fully saturated rings. The number of aliphatic carboxylic acids is 1. The number of anilines is 1. The number of carbonyl (C=O) groups is 2. The van der Waals surface area contributed by atoms with Crippen LogP contribution in [-0.2, 0) is 9.53 Å². The van der Waals surface area contributed by atoms with E-state index in [-0.39, 0.29) is 5.75 Å². The Morgan fingerprint density at radius 2 is 1.79 bits per heavy atom. The molecule has 2 aromatic rings. The van der Waals surface area contributed by atoms with Gasteiger partial charge in [-0.1, -0.05) is 37.9 Å². The number of rotatable bonds is 8. The molecule has 8 heteroatoms. The SMILES string of the molecule is O=C(O)/C=C/CCC[C@H](OC(=O)Nc1ccc(Br)cc1)c1cc(Br)ccc1O. The van der Waals surface area contributed by atoms with Gasteiger partial charge in [0.1, 0.15) is 11.9 Å². The molecule has 0 unspecified atom stereocenters. The van der Waals surface area contributed by atoms with Gasteiger partial charge in [-0.3, -0.25) is 5.32 Å². The van der Waals surface area contributed by atoms with Crippen LogP contribution in [-0.4, -0.2) is 22.3 Å². The van der Waals surface area contributed by atoms with Crippen molar-refractivity contribution in [1.82, 2.24) is 0 Å². The van der Waals surface area contributed by atoms with Crippen LogP contribution >= 0.6 is 31.9 Å². The van der Waals surface area contributed by atoms with E-state index in [1.165, 1.54) is 6.07 Å². The van der Waals surface area contributed by atoms with Crippen molar-refractivity contribution in [3.63, 3.8) is 0 Å². The number of carboxylic acids is 1. The molecule has 6 nitrogen and oxygen atoms in total. The molecular weight excluding hydrogens is 494 g/mol. The van der Waals surface area contributed by atoms with Crippen molar-refractivity contribution >= 4 is 49.6 Å². The van der Waals surface area contributed by atoms with Crippen LogP contribution in [0.4, 0.5) is 10.5 Å². The first-order valence-corrected chi connectivity index (χ1v) is 10.0. The second-order valence-corrected chi connectivity index (χ2v) is 7.73. The van der Waals surface area contributed by atoms with Crippen molar-refractivity contribution in [3.05, 3.63) is 69.1 Å². The maximum absolute atomic E-state index is 12.3. The van der Waals surface area contributed by atoms with E-state index in [1.807, 2.05) is 0 Å². The molecule has 0 heterocycles. The number of phenolic OH excluding ortho intramolecular Hbond substituents is 1. The number of amides is 1. The van der Waals surface area contributed by atoms with Crippen molar-refractivity contribution in [2.24, 2.45) is 0 Å². The second-order valence-electron chi connectivity index (χ2n) is 5.90. The molecule has 2 aromatic carbocycles. The highest BCUT2D eigenvalue weighted by Crippen LogP contribution is 2.33. The zero-order valence-electron chi connectivity index (χ0n) is 14.8. The minimum atomic E-state index is -1.01. The van der Waals surface area contributed by atoms with E-state index in [0.29, 0.717) is 30.5 Å². The topological polar surface area (TPSA) is 95.9 Å². The van der Waals surface area contributed by atoms with Gasteiger partial charge in [-0.15, -0.1) is 0 Å². The number of benzene rings is 2. The lowest BCUT2D eigenvalue weighted by Gasteiger charge is -2.20. The predicted octanol–water partition coefficient (Wildman–Crippen LogP) is 6.02. The van der Waals surface area contributed by atoms with E-state index < -0.39 is 18.2 Å². The number of nitrogens with one attached hydrogen (secondary N) is 1. The van der Waals surface area contributed by atoms with Crippen LogP contribution in [0, 0.1) is 0 Å². The van der Waals surface area contributed by atoms with Crippen molar-refractivity contribution in [2.75, 3.05) is 5.32 Å². The highest BCUT2D eigenvalue weighted by molar-refractivity contribution is 9.10. The molecule has 0 radical (unpaired) electrons. The van der Waals surface area contributed by atoms with Gasteiger partial charge < -0.3 is 14.9 Å². The van der Waals surface area contributed by atoms with E-state index in [0.717, 1.165) is 15.0 Å². The third-order valence-corrected chi connectivity index (χ3v) is 4.80. The second kappa shape index (κ2) is 10.9. The number of hydrogen-bond acceptors (Lipinski definition) is 4. The van der Waals surface area contributed by atoms with Gasteiger partial charge in [-0.2, -0.15) is 0 Å². The Kier molecular flexibility index (Phi) is 8.53. The Labute approximate surface area is 179 Å². The van der Waals surface area contributed by atoms with Crippen LogP contribution in [0.1, 0.15) is 30.9 Å². The number of phenols is 1. The monoisotopic (exact) mass is 511 g/mol. The number of carboxylic acid groups (broad SMARTS) is 1. The summed E-state index contributed by atoms with van der Waals surface area (Å²) in [6.07, 6.45) is 2.79. The standard InChI is InChI=1S/C20H19Br2NO5/c21-13-6-9-15(10-7-13)23-20(27)28-18(4-2-1-3-5-19(25)26)16-12-14(22)8-11-17(16)24/h3,5-12,18,24H,1-2,4H2,(H,23,27)(H,25,26)/b5-3+/t18-/m0/s1. The lowest BCUT2D eigenvalue weighted by atomic mass is 10.0. The van der Waals surface area contributed by atoms with E-state index in [1.54, 1.807) is 42.5 Å². The highest BCUT2D eigenvalue weighted by atomic mass is 79.9. The number of halogens is 2. The fourth-order valence-electron chi connectivity index (χ4n) is 2.48. The van der Waals surface area contributed by atoms with Crippen LogP contribution < -0.4 is 5.32 Å². The number of carbonyl (C=O) groups excluding carboxylic acids is 1. The number of allylic oxidation sites excluding steroid dienone is 1. The maximum Gasteiger partial charge on any atom is 0.412 e. The Balaban J connectivity index is 2.08. The number of ether oxygens (including phenoxy) is 1. The minimum Gasteiger partial charge on any atom is -0.508 e. The third-order valence-electron chi connectivity index (χ3n) is 3.77. The van der Waals surface area contributed by atoms with Crippen molar-refractivity contribution in [3.8, 4) is 5.75 Å². The van der Waals surface area contributed by atoms with Gasteiger partial charge in [0.2, 0.25) is 0 Å².